The number of urea groups is 1. The third kappa shape index (κ3) is 4.53. The van der Waals surface area contributed by atoms with Gasteiger partial charge in [-0.2, -0.15) is 0 Å². The molecule has 2 amide bonds. The standard InChI is InChI=1S/C23H29FN2O3/c1-23(16-28-4)14-13-21(26(23)22(27)25(2)3)17-9-11-19(12-10-17)29-15-18-7-5-6-8-20(18)24/h5-12,21H,13-16H2,1-4H3/t21-,23?/m1/s1. The first-order chi connectivity index (χ1) is 13.9. The molecule has 156 valence electrons. The van der Waals surface area contributed by atoms with Crippen LogP contribution in [0, 0.1) is 5.82 Å². The van der Waals surface area contributed by atoms with Crippen LogP contribution in [0.3, 0.4) is 0 Å². The second-order valence-electron chi connectivity index (χ2n) is 7.98. The van der Waals surface area contributed by atoms with Crippen molar-refractivity contribution in [1.82, 2.24) is 9.80 Å². The number of methoxy groups -OCH3 is 1. The van der Waals surface area contributed by atoms with Gasteiger partial charge in [-0.15, -0.1) is 0 Å². The molecule has 2 atom stereocenters. The van der Waals surface area contributed by atoms with Gasteiger partial charge in [0, 0.05) is 26.8 Å². The van der Waals surface area contributed by atoms with Gasteiger partial charge in [0.05, 0.1) is 18.2 Å². The highest BCUT2D eigenvalue weighted by Crippen LogP contribution is 2.43. The van der Waals surface area contributed by atoms with E-state index in [2.05, 4.69) is 6.92 Å². The summed E-state index contributed by atoms with van der Waals surface area (Å²) in [5.41, 5.74) is 1.23. The lowest BCUT2D eigenvalue weighted by Crippen LogP contribution is -2.52. The Kier molecular flexibility index (Phi) is 6.42. The lowest BCUT2D eigenvalue weighted by atomic mass is 10.0. The topological polar surface area (TPSA) is 42.0 Å². The zero-order valence-electron chi connectivity index (χ0n) is 17.5. The van der Waals surface area contributed by atoms with E-state index in [-0.39, 0.29) is 30.0 Å². The predicted octanol–water partition coefficient (Wildman–Crippen LogP) is 4.63. The SMILES string of the molecule is COCC1(C)CC[C@H](c2ccc(OCc3ccccc3F)cc2)N1C(=O)N(C)C. The van der Waals surface area contributed by atoms with E-state index in [4.69, 9.17) is 9.47 Å². The van der Waals surface area contributed by atoms with Crippen molar-refractivity contribution in [2.45, 2.75) is 38.0 Å². The molecule has 1 aliphatic heterocycles. The minimum absolute atomic E-state index is 0.0214. The normalized spacial score (nSPS) is 21.3. The van der Waals surface area contributed by atoms with Gasteiger partial charge < -0.3 is 19.3 Å². The summed E-state index contributed by atoms with van der Waals surface area (Å²) >= 11 is 0. The van der Waals surface area contributed by atoms with E-state index in [0.717, 1.165) is 18.4 Å². The molecule has 29 heavy (non-hydrogen) atoms. The molecule has 0 radical (unpaired) electrons. The van der Waals surface area contributed by atoms with Gasteiger partial charge in [0.1, 0.15) is 18.2 Å². The van der Waals surface area contributed by atoms with Crippen LogP contribution in [0.15, 0.2) is 48.5 Å². The Morgan fingerprint density at radius 1 is 1.21 bits per heavy atom. The fourth-order valence-electron chi connectivity index (χ4n) is 3.98. The molecular formula is C23H29FN2O3. The van der Waals surface area contributed by atoms with Gasteiger partial charge in [0.15, 0.2) is 0 Å². The number of nitrogens with zero attached hydrogens (tertiary/aromatic N) is 2. The molecule has 3 rings (SSSR count). The van der Waals surface area contributed by atoms with E-state index in [1.165, 1.54) is 6.07 Å². The highest BCUT2D eigenvalue weighted by molar-refractivity contribution is 5.76. The molecule has 1 heterocycles. The molecule has 6 heteroatoms. The van der Waals surface area contributed by atoms with Gasteiger partial charge in [0.2, 0.25) is 0 Å². The van der Waals surface area contributed by atoms with Crippen molar-refractivity contribution in [3.05, 3.63) is 65.5 Å². The van der Waals surface area contributed by atoms with E-state index in [1.54, 1.807) is 44.3 Å². The van der Waals surface area contributed by atoms with Crippen LogP contribution in [0.5, 0.6) is 5.75 Å². The Morgan fingerprint density at radius 2 is 1.90 bits per heavy atom. The molecule has 0 bridgehead atoms. The number of benzene rings is 2. The second-order valence-corrected chi connectivity index (χ2v) is 7.98. The third-order valence-electron chi connectivity index (χ3n) is 5.51. The summed E-state index contributed by atoms with van der Waals surface area (Å²) in [6.07, 6.45) is 1.74. The maximum Gasteiger partial charge on any atom is 0.320 e. The van der Waals surface area contributed by atoms with Crippen LogP contribution in [0.4, 0.5) is 9.18 Å². The molecule has 1 unspecified atom stereocenters. The quantitative estimate of drug-likeness (QED) is 0.710. The van der Waals surface area contributed by atoms with E-state index in [9.17, 15) is 9.18 Å². The van der Waals surface area contributed by atoms with Gasteiger partial charge in [-0.25, -0.2) is 9.18 Å². The van der Waals surface area contributed by atoms with E-state index >= 15 is 0 Å². The number of halogens is 1. The Balaban J connectivity index is 1.75. The number of hydrogen-bond acceptors (Lipinski definition) is 3. The van der Waals surface area contributed by atoms with Crippen molar-refractivity contribution < 1.29 is 18.7 Å². The zero-order chi connectivity index (χ0) is 21.0. The number of carbonyl (C=O) groups is 1. The molecule has 1 fully saturated rings. The molecule has 2 aromatic rings. The molecule has 2 aromatic carbocycles. The van der Waals surface area contributed by atoms with Crippen LogP contribution < -0.4 is 4.74 Å². The second kappa shape index (κ2) is 8.82. The van der Waals surface area contributed by atoms with Crippen LogP contribution in [0.2, 0.25) is 0 Å². The summed E-state index contributed by atoms with van der Waals surface area (Å²) in [6.45, 7) is 2.74. The molecule has 1 saturated heterocycles. The Hall–Kier alpha value is -2.60. The average Bonchev–Trinajstić information content (AvgIpc) is 3.04. The number of rotatable bonds is 6. The Morgan fingerprint density at radius 3 is 2.52 bits per heavy atom. The molecule has 5 nitrogen and oxygen atoms in total. The predicted molar refractivity (Wildman–Crippen MR) is 110 cm³/mol. The summed E-state index contributed by atoms with van der Waals surface area (Å²) < 4.78 is 24.9. The zero-order valence-corrected chi connectivity index (χ0v) is 17.5. The Labute approximate surface area is 172 Å². The maximum absolute atomic E-state index is 13.7. The molecule has 0 spiro atoms. The molecule has 0 N–H and O–H groups in total. The molecule has 0 saturated carbocycles. The molecule has 0 aromatic heterocycles. The summed E-state index contributed by atoms with van der Waals surface area (Å²) in [7, 11) is 5.20. The third-order valence-corrected chi connectivity index (χ3v) is 5.51. The van der Waals surface area contributed by atoms with Gasteiger partial charge in [0.25, 0.3) is 0 Å². The van der Waals surface area contributed by atoms with Crippen LogP contribution in [0.1, 0.15) is 36.9 Å². The number of carbonyl (C=O) groups excluding carboxylic acids is 1. The monoisotopic (exact) mass is 400 g/mol. The lowest BCUT2D eigenvalue weighted by Gasteiger charge is -2.39. The molecular weight excluding hydrogens is 371 g/mol. The summed E-state index contributed by atoms with van der Waals surface area (Å²) in [5, 5.41) is 0. The average molecular weight is 400 g/mol. The minimum atomic E-state index is -0.346. The first-order valence-electron chi connectivity index (χ1n) is 9.81. The van der Waals surface area contributed by atoms with E-state index in [1.807, 2.05) is 29.2 Å². The van der Waals surface area contributed by atoms with Gasteiger partial charge in [-0.1, -0.05) is 30.3 Å². The fourth-order valence-corrected chi connectivity index (χ4v) is 3.98. The molecule has 0 aliphatic carbocycles. The Bertz CT molecular complexity index is 840. The lowest BCUT2D eigenvalue weighted by molar-refractivity contribution is 0.0453. The smallest absolute Gasteiger partial charge is 0.320 e. The van der Waals surface area contributed by atoms with Crippen molar-refractivity contribution in [3.8, 4) is 5.75 Å². The minimum Gasteiger partial charge on any atom is -0.489 e. The van der Waals surface area contributed by atoms with Gasteiger partial charge >= 0.3 is 6.03 Å². The summed E-state index contributed by atoms with van der Waals surface area (Å²) in [5.74, 6) is 0.394. The van der Waals surface area contributed by atoms with E-state index < -0.39 is 0 Å². The van der Waals surface area contributed by atoms with Gasteiger partial charge in [-0.05, 0) is 43.5 Å². The highest BCUT2D eigenvalue weighted by atomic mass is 19.1. The first kappa shape index (κ1) is 21.1. The van der Waals surface area contributed by atoms with Crippen molar-refractivity contribution in [3.63, 3.8) is 0 Å². The first-order valence-corrected chi connectivity index (χ1v) is 9.81. The van der Waals surface area contributed by atoms with Gasteiger partial charge in [-0.3, -0.25) is 0 Å². The maximum atomic E-state index is 13.7. The van der Waals surface area contributed by atoms with Crippen molar-refractivity contribution >= 4 is 6.03 Å². The number of likely N-dealkylation sites (tertiary alicyclic amines) is 1. The largest absolute Gasteiger partial charge is 0.489 e. The van der Waals surface area contributed by atoms with Crippen LogP contribution in [-0.4, -0.2) is 49.2 Å². The highest BCUT2D eigenvalue weighted by Gasteiger charge is 2.46. The molecule has 1 aliphatic rings. The van der Waals surface area contributed by atoms with Crippen molar-refractivity contribution in [2.24, 2.45) is 0 Å². The number of hydrogen-bond donors (Lipinski definition) is 0. The number of amides is 2. The van der Waals surface area contributed by atoms with Crippen molar-refractivity contribution in [2.75, 3.05) is 27.8 Å². The summed E-state index contributed by atoms with van der Waals surface area (Å²) in [4.78, 5) is 16.5. The van der Waals surface area contributed by atoms with Crippen LogP contribution in [-0.2, 0) is 11.3 Å². The fraction of sp³-hybridized carbons (Fsp3) is 0.435. The van der Waals surface area contributed by atoms with Crippen molar-refractivity contribution in [1.29, 1.82) is 0 Å². The summed E-state index contributed by atoms with van der Waals surface area (Å²) in [6, 6.07) is 14.3. The van der Waals surface area contributed by atoms with E-state index in [0.29, 0.717) is 17.9 Å². The van der Waals surface area contributed by atoms with Crippen LogP contribution in [0.25, 0.3) is 0 Å². The number of ether oxygens (including phenoxy) is 2. The van der Waals surface area contributed by atoms with Crippen LogP contribution >= 0.6 is 0 Å².